The van der Waals surface area contributed by atoms with Crippen LogP contribution in [0.15, 0.2) is 54.7 Å². The van der Waals surface area contributed by atoms with Crippen LogP contribution in [-0.2, 0) is 19.5 Å². The Bertz CT molecular complexity index is 1010. The van der Waals surface area contributed by atoms with Crippen LogP contribution in [0.1, 0.15) is 41.8 Å². The molecule has 0 fully saturated rings. The van der Waals surface area contributed by atoms with Gasteiger partial charge >= 0.3 is 0 Å². The highest BCUT2D eigenvalue weighted by atomic mass is 16.5. The zero-order valence-corrected chi connectivity index (χ0v) is 18.9. The van der Waals surface area contributed by atoms with E-state index < -0.39 is 0 Å². The van der Waals surface area contributed by atoms with Crippen molar-refractivity contribution in [2.45, 2.75) is 38.9 Å². The fourth-order valence-corrected chi connectivity index (χ4v) is 4.62. The highest BCUT2D eigenvalue weighted by molar-refractivity contribution is 5.58. The van der Waals surface area contributed by atoms with Crippen LogP contribution in [0.5, 0.6) is 17.2 Å². The average molecular weight is 421 g/mol. The van der Waals surface area contributed by atoms with Crippen LogP contribution in [0.2, 0.25) is 0 Å². The van der Waals surface area contributed by atoms with E-state index in [0.717, 1.165) is 43.8 Å². The highest BCUT2D eigenvalue weighted by Gasteiger charge is 2.31. The maximum absolute atomic E-state index is 5.88. The topological polar surface area (TPSA) is 35.9 Å². The van der Waals surface area contributed by atoms with Gasteiger partial charge in [0.2, 0.25) is 5.75 Å². The van der Waals surface area contributed by atoms with Gasteiger partial charge in [0.15, 0.2) is 11.5 Å². The van der Waals surface area contributed by atoms with Gasteiger partial charge in [-0.2, -0.15) is 0 Å². The smallest absolute Gasteiger partial charge is 0.203 e. The standard InChI is InChI=1S/C26H32N2O3/c1-5-19-9-11-20(12-10-19)18-28-17-7-16-27-15-6-8-22(27)24(28)21-13-14-23(29-2)26(31-4)25(21)30-3/h6,8-15,24H,5,7,16-18H2,1-4H3. The summed E-state index contributed by atoms with van der Waals surface area (Å²) in [5, 5.41) is 0. The van der Waals surface area contributed by atoms with Crippen molar-refractivity contribution in [3.05, 3.63) is 77.1 Å². The zero-order valence-electron chi connectivity index (χ0n) is 18.9. The van der Waals surface area contributed by atoms with Crippen LogP contribution >= 0.6 is 0 Å². The summed E-state index contributed by atoms with van der Waals surface area (Å²) in [5.74, 6) is 2.04. The minimum absolute atomic E-state index is 0.0538. The van der Waals surface area contributed by atoms with Gasteiger partial charge in [0.05, 0.1) is 27.4 Å². The predicted molar refractivity (Wildman–Crippen MR) is 123 cm³/mol. The lowest BCUT2D eigenvalue weighted by atomic mass is 9.98. The number of methoxy groups -OCH3 is 3. The Morgan fingerprint density at radius 3 is 2.26 bits per heavy atom. The summed E-state index contributed by atoms with van der Waals surface area (Å²) in [6.45, 7) is 5.08. The number of nitrogens with zero attached hydrogens (tertiary/aromatic N) is 2. The van der Waals surface area contributed by atoms with Gasteiger partial charge in [-0.3, -0.25) is 4.90 Å². The van der Waals surface area contributed by atoms with Gasteiger partial charge in [-0.1, -0.05) is 31.2 Å². The van der Waals surface area contributed by atoms with Crippen molar-refractivity contribution >= 4 is 0 Å². The van der Waals surface area contributed by atoms with Crippen molar-refractivity contribution in [2.24, 2.45) is 0 Å². The molecular formula is C26H32N2O3. The second-order valence-corrected chi connectivity index (χ2v) is 7.95. The molecule has 0 aliphatic carbocycles. The van der Waals surface area contributed by atoms with Crippen LogP contribution in [0.4, 0.5) is 0 Å². The molecule has 5 nitrogen and oxygen atoms in total. The van der Waals surface area contributed by atoms with Gasteiger partial charge in [0, 0.05) is 37.1 Å². The van der Waals surface area contributed by atoms with Crippen molar-refractivity contribution in [1.29, 1.82) is 0 Å². The Kier molecular flexibility index (Phi) is 6.52. The molecule has 5 heteroatoms. The molecule has 0 amide bonds. The minimum atomic E-state index is 0.0538. The molecule has 4 rings (SSSR count). The molecule has 1 aliphatic heterocycles. The average Bonchev–Trinajstić information content (AvgIpc) is 3.20. The van der Waals surface area contributed by atoms with Crippen LogP contribution < -0.4 is 14.2 Å². The summed E-state index contributed by atoms with van der Waals surface area (Å²) in [5.41, 5.74) is 5.05. The second-order valence-electron chi connectivity index (χ2n) is 7.95. The summed E-state index contributed by atoms with van der Waals surface area (Å²) in [4.78, 5) is 2.55. The number of benzene rings is 2. The molecule has 1 aromatic heterocycles. The molecule has 2 aromatic carbocycles. The zero-order chi connectivity index (χ0) is 21.8. The van der Waals surface area contributed by atoms with E-state index in [0.29, 0.717) is 11.5 Å². The molecule has 2 heterocycles. The minimum Gasteiger partial charge on any atom is -0.493 e. The maximum Gasteiger partial charge on any atom is 0.203 e. The van der Waals surface area contributed by atoms with Crippen molar-refractivity contribution in [3.8, 4) is 17.2 Å². The number of fused-ring (bicyclic) bond motifs is 1. The van der Waals surface area contributed by atoms with E-state index in [9.17, 15) is 0 Å². The van der Waals surface area contributed by atoms with Gasteiger partial charge in [0.1, 0.15) is 0 Å². The normalized spacial score (nSPS) is 16.5. The fraction of sp³-hybridized carbons (Fsp3) is 0.385. The summed E-state index contributed by atoms with van der Waals surface area (Å²) < 4.78 is 19.5. The summed E-state index contributed by atoms with van der Waals surface area (Å²) in [6.07, 6.45) is 4.33. The molecule has 0 saturated heterocycles. The molecule has 3 aromatic rings. The van der Waals surface area contributed by atoms with Crippen molar-refractivity contribution < 1.29 is 14.2 Å². The Morgan fingerprint density at radius 2 is 1.58 bits per heavy atom. The van der Waals surface area contributed by atoms with Gasteiger partial charge in [-0.05, 0) is 48.2 Å². The molecule has 1 unspecified atom stereocenters. The number of aromatic nitrogens is 1. The van der Waals surface area contributed by atoms with Crippen molar-refractivity contribution in [3.63, 3.8) is 0 Å². The molecule has 1 aliphatic rings. The highest BCUT2D eigenvalue weighted by Crippen LogP contribution is 2.46. The third kappa shape index (κ3) is 4.15. The quantitative estimate of drug-likeness (QED) is 0.535. The van der Waals surface area contributed by atoms with Crippen molar-refractivity contribution in [2.75, 3.05) is 27.9 Å². The maximum atomic E-state index is 5.88. The van der Waals surface area contributed by atoms with E-state index in [1.165, 1.54) is 16.8 Å². The first-order valence-corrected chi connectivity index (χ1v) is 11.0. The van der Waals surface area contributed by atoms with E-state index >= 15 is 0 Å². The molecule has 0 spiro atoms. The lowest BCUT2D eigenvalue weighted by molar-refractivity contribution is 0.214. The monoisotopic (exact) mass is 420 g/mol. The molecule has 0 N–H and O–H groups in total. The SMILES string of the molecule is CCc1ccc(CN2CCCn3cccc3C2c2ccc(OC)c(OC)c2OC)cc1. The van der Waals surface area contributed by atoms with Crippen molar-refractivity contribution in [1.82, 2.24) is 9.47 Å². The first-order valence-electron chi connectivity index (χ1n) is 11.0. The number of rotatable bonds is 7. The molecule has 0 bridgehead atoms. The third-order valence-corrected chi connectivity index (χ3v) is 6.20. The number of aryl methyl sites for hydroxylation is 2. The summed E-state index contributed by atoms with van der Waals surface area (Å²) >= 11 is 0. The largest absolute Gasteiger partial charge is 0.493 e. The molecule has 1 atom stereocenters. The van der Waals surface area contributed by atoms with Gasteiger partial charge in [-0.15, -0.1) is 0 Å². The second kappa shape index (κ2) is 9.48. The third-order valence-electron chi connectivity index (χ3n) is 6.20. The van der Waals surface area contributed by atoms with E-state index in [1.807, 2.05) is 6.07 Å². The van der Waals surface area contributed by atoms with E-state index in [-0.39, 0.29) is 6.04 Å². The van der Waals surface area contributed by atoms with E-state index in [1.54, 1.807) is 21.3 Å². The van der Waals surface area contributed by atoms with Gasteiger partial charge < -0.3 is 18.8 Å². The Labute approximate surface area is 185 Å². The van der Waals surface area contributed by atoms with Gasteiger partial charge in [-0.25, -0.2) is 0 Å². The lowest BCUT2D eigenvalue weighted by Gasteiger charge is -2.32. The molecular weight excluding hydrogens is 388 g/mol. The first-order chi connectivity index (χ1) is 15.2. The number of ether oxygens (including phenoxy) is 3. The van der Waals surface area contributed by atoms with Crippen LogP contribution in [0.25, 0.3) is 0 Å². The fourth-order valence-electron chi connectivity index (χ4n) is 4.62. The Balaban J connectivity index is 1.80. The Hall–Kier alpha value is -2.92. The van der Waals surface area contributed by atoms with Gasteiger partial charge in [0.25, 0.3) is 0 Å². The number of hydrogen-bond acceptors (Lipinski definition) is 4. The summed E-state index contributed by atoms with van der Waals surface area (Å²) in [7, 11) is 5.01. The lowest BCUT2D eigenvalue weighted by Crippen LogP contribution is -2.30. The molecule has 0 radical (unpaired) electrons. The Morgan fingerprint density at radius 1 is 0.839 bits per heavy atom. The number of hydrogen-bond donors (Lipinski definition) is 0. The molecule has 164 valence electrons. The van der Waals surface area contributed by atoms with E-state index in [2.05, 4.69) is 65.1 Å². The predicted octanol–water partition coefficient (Wildman–Crippen LogP) is 5.07. The molecule has 31 heavy (non-hydrogen) atoms. The molecule has 0 saturated carbocycles. The van der Waals surface area contributed by atoms with E-state index in [4.69, 9.17) is 14.2 Å². The first kappa shape index (κ1) is 21.3. The van der Waals surface area contributed by atoms with Crippen LogP contribution in [0.3, 0.4) is 0 Å². The van der Waals surface area contributed by atoms with Crippen LogP contribution in [-0.4, -0.2) is 37.3 Å². The summed E-state index contributed by atoms with van der Waals surface area (Å²) in [6, 6.07) is 17.5. The van der Waals surface area contributed by atoms with Crippen LogP contribution in [0, 0.1) is 0 Å².